The third-order valence-electron chi connectivity index (χ3n) is 3.72. The Hall–Kier alpha value is -1.06. The zero-order chi connectivity index (χ0) is 12.8. The maximum Gasteiger partial charge on any atom is 0.120 e. The monoisotopic (exact) mass is 248 g/mol. The summed E-state index contributed by atoms with van der Waals surface area (Å²) in [5, 5.41) is 13.4. The number of benzene rings is 1. The molecule has 0 aliphatic carbocycles. The summed E-state index contributed by atoms with van der Waals surface area (Å²) in [5.41, 5.74) is 1.02. The van der Waals surface area contributed by atoms with Crippen LogP contribution in [0.2, 0.25) is 0 Å². The van der Waals surface area contributed by atoms with Gasteiger partial charge in [-0.1, -0.05) is 31.5 Å². The second-order valence-electron chi connectivity index (χ2n) is 5.10. The van der Waals surface area contributed by atoms with E-state index in [1.165, 1.54) is 19.3 Å². The number of phenolic OH excluding ortho intramolecular Hbond substituents is 1. The van der Waals surface area contributed by atoms with Crippen molar-refractivity contribution in [2.75, 3.05) is 19.6 Å². The fraction of sp³-hybridized carbons (Fsp3) is 0.600. The van der Waals surface area contributed by atoms with Crippen molar-refractivity contribution in [1.29, 1.82) is 0 Å². The summed E-state index contributed by atoms with van der Waals surface area (Å²) >= 11 is 0. The van der Waals surface area contributed by atoms with Crippen molar-refractivity contribution in [3.05, 3.63) is 29.8 Å². The van der Waals surface area contributed by atoms with Crippen molar-refractivity contribution >= 4 is 0 Å². The van der Waals surface area contributed by atoms with Gasteiger partial charge in [-0.15, -0.1) is 0 Å². The van der Waals surface area contributed by atoms with Gasteiger partial charge in [-0.25, -0.2) is 0 Å². The molecule has 1 aliphatic heterocycles. The van der Waals surface area contributed by atoms with Gasteiger partial charge in [-0.3, -0.25) is 4.90 Å². The maximum atomic E-state index is 9.82. The average molecular weight is 248 g/mol. The molecule has 18 heavy (non-hydrogen) atoms. The van der Waals surface area contributed by atoms with Crippen LogP contribution in [-0.4, -0.2) is 35.7 Å². The molecular weight excluding hydrogens is 224 g/mol. The van der Waals surface area contributed by atoms with Gasteiger partial charge in [0.05, 0.1) is 0 Å². The first-order valence-electron chi connectivity index (χ1n) is 7.02. The number of hydrogen-bond donors (Lipinski definition) is 2. The van der Waals surface area contributed by atoms with Gasteiger partial charge in [-0.05, 0) is 32.0 Å². The Morgan fingerprint density at radius 2 is 2.17 bits per heavy atom. The molecule has 0 spiro atoms. The van der Waals surface area contributed by atoms with Crippen LogP contribution in [0.5, 0.6) is 5.75 Å². The van der Waals surface area contributed by atoms with E-state index in [1.54, 1.807) is 6.07 Å². The lowest BCUT2D eigenvalue weighted by Gasteiger charge is -2.30. The van der Waals surface area contributed by atoms with Crippen molar-refractivity contribution in [2.24, 2.45) is 0 Å². The SMILES string of the molecule is CCN(Cc1ccccc1O)CC1CCCCN1. The van der Waals surface area contributed by atoms with E-state index >= 15 is 0 Å². The normalized spacial score (nSPS) is 20.2. The summed E-state index contributed by atoms with van der Waals surface area (Å²) in [6.07, 6.45) is 3.92. The Morgan fingerprint density at radius 3 is 2.83 bits per heavy atom. The van der Waals surface area contributed by atoms with Crippen molar-refractivity contribution in [1.82, 2.24) is 10.2 Å². The largest absolute Gasteiger partial charge is 0.508 e. The summed E-state index contributed by atoms with van der Waals surface area (Å²) in [6, 6.07) is 8.25. The molecule has 2 N–H and O–H groups in total. The van der Waals surface area contributed by atoms with Gasteiger partial charge in [0, 0.05) is 24.7 Å². The van der Waals surface area contributed by atoms with E-state index in [2.05, 4.69) is 17.1 Å². The van der Waals surface area contributed by atoms with Crippen molar-refractivity contribution in [3.8, 4) is 5.75 Å². The van der Waals surface area contributed by atoms with Crippen molar-refractivity contribution in [3.63, 3.8) is 0 Å². The fourth-order valence-corrected chi connectivity index (χ4v) is 2.58. The number of rotatable bonds is 5. The zero-order valence-electron chi connectivity index (χ0n) is 11.2. The quantitative estimate of drug-likeness (QED) is 0.839. The fourth-order valence-electron chi connectivity index (χ4n) is 2.58. The highest BCUT2D eigenvalue weighted by molar-refractivity contribution is 5.31. The molecule has 0 radical (unpaired) electrons. The molecule has 1 unspecified atom stereocenters. The molecule has 0 bridgehead atoms. The summed E-state index contributed by atoms with van der Waals surface area (Å²) in [6.45, 7) is 6.26. The van der Waals surface area contributed by atoms with Crippen LogP contribution < -0.4 is 5.32 Å². The molecule has 2 rings (SSSR count). The summed E-state index contributed by atoms with van der Waals surface area (Å²) in [5.74, 6) is 0.410. The highest BCUT2D eigenvalue weighted by Crippen LogP contribution is 2.18. The first-order valence-corrected chi connectivity index (χ1v) is 7.02. The predicted octanol–water partition coefficient (Wildman–Crippen LogP) is 2.36. The minimum atomic E-state index is 0.410. The first-order chi connectivity index (χ1) is 8.79. The van der Waals surface area contributed by atoms with Crippen molar-refractivity contribution in [2.45, 2.75) is 38.8 Å². The molecule has 3 heteroatoms. The highest BCUT2D eigenvalue weighted by atomic mass is 16.3. The summed E-state index contributed by atoms with van der Waals surface area (Å²) in [4.78, 5) is 2.40. The predicted molar refractivity (Wildman–Crippen MR) is 74.7 cm³/mol. The Balaban J connectivity index is 1.90. The van der Waals surface area contributed by atoms with E-state index in [0.29, 0.717) is 11.8 Å². The van der Waals surface area contributed by atoms with Gasteiger partial charge < -0.3 is 10.4 Å². The zero-order valence-corrected chi connectivity index (χ0v) is 11.2. The lowest BCUT2D eigenvalue weighted by molar-refractivity contribution is 0.224. The molecule has 1 aliphatic rings. The number of phenols is 1. The number of para-hydroxylation sites is 1. The van der Waals surface area contributed by atoms with Crippen LogP contribution in [0.15, 0.2) is 24.3 Å². The molecule has 1 aromatic carbocycles. The summed E-state index contributed by atoms with van der Waals surface area (Å²) < 4.78 is 0. The summed E-state index contributed by atoms with van der Waals surface area (Å²) in [7, 11) is 0. The minimum Gasteiger partial charge on any atom is -0.508 e. The second kappa shape index (κ2) is 6.76. The number of piperidine rings is 1. The topological polar surface area (TPSA) is 35.5 Å². The van der Waals surface area contributed by atoms with E-state index in [-0.39, 0.29) is 0 Å². The molecule has 1 atom stereocenters. The second-order valence-corrected chi connectivity index (χ2v) is 5.10. The van der Waals surface area contributed by atoms with Crippen LogP contribution in [0, 0.1) is 0 Å². The van der Waals surface area contributed by atoms with Crippen LogP contribution in [0.1, 0.15) is 31.7 Å². The maximum absolute atomic E-state index is 9.82. The molecule has 100 valence electrons. The Labute approximate surface area is 110 Å². The van der Waals surface area contributed by atoms with Gasteiger partial charge in [0.25, 0.3) is 0 Å². The Bertz CT molecular complexity index is 361. The minimum absolute atomic E-state index is 0.410. The molecule has 0 saturated carbocycles. The van der Waals surface area contributed by atoms with Crippen molar-refractivity contribution < 1.29 is 5.11 Å². The van der Waals surface area contributed by atoms with E-state index in [0.717, 1.165) is 31.7 Å². The van der Waals surface area contributed by atoms with Crippen LogP contribution in [0.4, 0.5) is 0 Å². The van der Waals surface area contributed by atoms with E-state index in [1.807, 2.05) is 18.2 Å². The van der Waals surface area contributed by atoms with Gasteiger partial charge >= 0.3 is 0 Å². The standard InChI is InChI=1S/C15H24N2O/c1-2-17(12-14-8-5-6-10-16-14)11-13-7-3-4-9-15(13)18/h3-4,7,9,14,16,18H,2,5-6,8,10-12H2,1H3. The number of nitrogens with zero attached hydrogens (tertiary/aromatic N) is 1. The van der Waals surface area contributed by atoms with Gasteiger partial charge in [0.2, 0.25) is 0 Å². The molecular formula is C15H24N2O. The molecule has 0 amide bonds. The Morgan fingerprint density at radius 1 is 1.33 bits per heavy atom. The van der Waals surface area contributed by atoms with Gasteiger partial charge in [0.1, 0.15) is 5.75 Å². The number of hydrogen-bond acceptors (Lipinski definition) is 3. The number of aromatic hydroxyl groups is 1. The lowest BCUT2D eigenvalue weighted by Crippen LogP contribution is -2.43. The molecule has 1 aromatic rings. The first kappa shape index (κ1) is 13.4. The lowest BCUT2D eigenvalue weighted by atomic mass is 10.0. The third-order valence-corrected chi connectivity index (χ3v) is 3.72. The average Bonchev–Trinajstić information content (AvgIpc) is 2.41. The van der Waals surface area contributed by atoms with E-state index in [4.69, 9.17) is 0 Å². The molecule has 0 aromatic heterocycles. The van der Waals surface area contributed by atoms with Crippen LogP contribution in [0.3, 0.4) is 0 Å². The molecule has 1 heterocycles. The van der Waals surface area contributed by atoms with Gasteiger partial charge in [0.15, 0.2) is 0 Å². The Kier molecular flexibility index (Phi) is 5.02. The van der Waals surface area contributed by atoms with Crippen LogP contribution in [-0.2, 0) is 6.54 Å². The number of nitrogens with one attached hydrogen (secondary N) is 1. The smallest absolute Gasteiger partial charge is 0.120 e. The third kappa shape index (κ3) is 3.72. The van der Waals surface area contributed by atoms with E-state index in [9.17, 15) is 5.11 Å². The van der Waals surface area contributed by atoms with E-state index < -0.39 is 0 Å². The van der Waals surface area contributed by atoms with Crippen LogP contribution >= 0.6 is 0 Å². The molecule has 1 saturated heterocycles. The molecule has 3 nitrogen and oxygen atoms in total. The number of likely N-dealkylation sites (N-methyl/N-ethyl adjacent to an activating group) is 1. The highest BCUT2D eigenvalue weighted by Gasteiger charge is 2.16. The van der Waals surface area contributed by atoms with Gasteiger partial charge in [-0.2, -0.15) is 0 Å². The molecule has 1 fully saturated rings. The van der Waals surface area contributed by atoms with Crippen LogP contribution in [0.25, 0.3) is 0 Å².